The number of rotatable bonds is 7. The summed E-state index contributed by atoms with van der Waals surface area (Å²) in [6.07, 6.45) is 7.29. The summed E-state index contributed by atoms with van der Waals surface area (Å²) in [5, 5.41) is 11.1. The Labute approximate surface area is 168 Å². The first kappa shape index (κ1) is 21.1. The van der Waals surface area contributed by atoms with E-state index in [9.17, 15) is 4.79 Å². The molecule has 0 radical (unpaired) electrons. The lowest BCUT2D eigenvalue weighted by atomic mass is 10.1. The van der Waals surface area contributed by atoms with Gasteiger partial charge < -0.3 is 10.6 Å². The molecule has 1 amide bonds. The Balaban J connectivity index is 1.97. The molecule has 1 heterocycles. The molecular weight excluding hydrogens is 380 g/mol. The van der Waals surface area contributed by atoms with Crippen LogP contribution in [0.2, 0.25) is 5.02 Å². The zero-order valence-electron chi connectivity index (χ0n) is 15.9. The second-order valence-electron chi connectivity index (χ2n) is 6.12. The summed E-state index contributed by atoms with van der Waals surface area (Å²) in [5.41, 5.74) is 1.71. The Morgan fingerprint density at radius 1 is 1.22 bits per heavy atom. The monoisotopic (exact) mass is 404 g/mol. The minimum Gasteiger partial charge on any atom is -0.376 e. The lowest BCUT2D eigenvalue weighted by Crippen LogP contribution is -2.32. The molecule has 0 aliphatic heterocycles. The van der Waals surface area contributed by atoms with E-state index in [-0.39, 0.29) is 34.3 Å². The third-order valence-corrected chi connectivity index (χ3v) is 5.60. The molecule has 0 fully saturated rings. The average Bonchev–Trinajstić information content (AvgIpc) is 2.66. The van der Waals surface area contributed by atoms with Crippen LogP contribution in [-0.2, 0) is 0 Å². The van der Waals surface area contributed by atoms with Crippen molar-refractivity contribution in [2.45, 2.75) is 32.9 Å². The number of benzene rings is 1. The predicted octanol–water partition coefficient (Wildman–Crippen LogP) is 4.66. The molecule has 0 saturated carbocycles. The standard InChI is InChI=1S/C20H25ClN4OS/c1-5-27(4)11-10-14(2)24-20(26)19-22-12-16(13-23-19)25-15(3)17-8-6-7-9-18(17)21/h5-15,25H,1-4H3,(H,24,26)/b11-10+/t14-,15+,27?/m1/s1. The van der Waals surface area contributed by atoms with Gasteiger partial charge in [0.15, 0.2) is 0 Å². The summed E-state index contributed by atoms with van der Waals surface area (Å²) in [7, 11) is 0.111. The van der Waals surface area contributed by atoms with Crippen LogP contribution in [0.25, 0.3) is 0 Å². The number of amides is 1. The van der Waals surface area contributed by atoms with E-state index in [4.69, 9.17) is 11.6 Å². The number of hydrogen-bond donors (Lipinski definition) is 2. The smallest absolute Gasteiger partial charge is 0.289 e. The molecule has 2 aromatic rings. The van der Waals surface area contributed by atoms with Crippen molar-refractivity contribution in [1.82, 2.24) is 15.3 Å². The van der Waals surface area contributed by atoms with E-state index in [1.54, 1.807) is 12.4 Å². The highest BCUT2D eigenvalue weighted by Crippen LogP contribution is 2.25. The van der Waals surface area contributed by atoms with Gasteiger partial charge in [0.2, 0.25) is 5.82 Å². The van der Waals surface area contributed by atoms with Crippen LogP contribution >= 0.6 is 22.1 Å². The molecular formula is C20H25ClN4OS. The van der Waals surface area contributed by atoms with Crippen molar-refractivity contribution in [3.63, 3.8) is 0 Å². The summed E-state index contributed by atoms with van der Waals surface area (Å²) in [5.74, 6) is -0.155. The molecule has 0 saturated heterocycles. The molecule has 7 heteroatoms. The quantitative estimate of drug-likeness (QED) is 0.659. The largest absolute Gasteiger partial charge is 0.376 e. The highest BCUT2D eigenvalue weighted by atomic mass is 35.5. The summed E-state index contributed by atoms with van der Waals surface area (Å²) in [4.78, 5) is 20.6. The van der Waals surface area contributed by atoms with Crippen molar-refractivity contribution in [2.24, 2.45) is 0 Å². The molecule has 1 unspecified atom stereocenters. The van der Waals surface area contributed by atoms with Gasteiger partial charge in [-0.15, -0.1) is 0 Å². The van der Waals surface area contributed by atoms with E-state index in [1.807, 2.05) is 51.1 Å². The van der Waals surface area contributed by atoms with Gasteiger partial charge in [0.25, 0.3) is 5.91 Å². The first-order valence-electron chi connectivity index (χ1n) is 8.66. The first-order valence-corrected chi connectivity index (χ1v) is 10.8. The Bertz CT molecular complexity index is 836. The highest BCUT2D eigenvalue weighted by molar-refractivity contribution is 8.16. The lowest BCUT2D eigenvalue weighted by molar-refractivity contribution is 0.0936. The summed E-state index contributed by atoms with van der Waals surface area (Å²) < 4.78 is 0. The molecule has 2 N–H and O–H groups in total. The molecule has 0 aliphatic rings. The number of aromatic nitrogens is 2. The van der Waals surface area contributed by atoms with E-state index >= 15 is 0 Å². The molecule has 0 aliphatic carbocycles. The van der Waals surface area contributed by atoms with E-state index in [1.165, 1.54) is 0 Å². The minimum atomic E-state index is -0.297. The van der Waals surface area contributed by atoms with Crippen LogP contribution in [0, 0.1) is 0 Å². The van der Waals surface area contributed by atoms with E-state index in [0.717, 1.165) is 11.3 Å². The molecule has 2 rings (SSSR count). The third-order valence-electron chi connectivity index (χ3n) is 3.92. The van der Waals surface area contributed by atoms with Crippen LogP contribution in [-0.4, -0.2) is 33.5 Å². The molecule has 0 spiro atoms. The van der Waals surface area contributed by atoms with Gasteiger partial charge in [-0.05, 0) is 44.1 Å². The fourth-order valence-electron chi connectivity index (χ4n) is 2.31. The van der Waals surface area contributed by atoms with Crippen molar-refractivity contribution in [3.05, 3.63) is 64.6 Å². The Morgan fingerprint density at radius 3 is 2.52 bits per heavy atom. The van der Waals surface area contributed by atoms with E-state index in [2.05, 4.69) is 37.6 Å². The second-order valence-corrected chi connectivity index (χ2v) is 8.48. The van der Waals surface area contributed by atoms with Gasteiger partial charge in [-0.1, -0.05) is 41.2 Å². The zero-order valence-corrected chi connectivity index (χ0v) is 17.5. The summed E-state index contributed by atoms with van der Waals surface area (Å²) in [6, 6.07) is 7.56. The van der Waals surface area contributed by atoms with Crippen molar-refractivity contribution >= 4 is 39.0 Å². The topological polar surface area (TPSA) is 66.9 Å². The van der Waals surface area contributed by atoms with Crippen LogP contribution < -0.4 is 10.6 Å². The number of carbonyl (C=O) groups excluding carboxylic acids is 1. The molecule has 0 bridgehead atoms. The first-order chi connectivity index (χ1) is 12.9. The van der Waals surface area contributed by atoms with Crippen LogP contribution in [0.1, 0.15) is 43.0 Å². The SMILES string of the molecule is C/C=S(C)/C=C/[C@@H](C)NC(=O)c1ncc(N[C@@H](C)c2ccccc2Cl)cn1. The van der Waals surface area contributed by atoms with Gasteiger partial charge in [-0.25, -0.2) is 9.97 Å². The highest BCUT2D eigenvalue weighted by Gasteiger charge is 2.13. The van der Waals surface area contributed by atoms with Crippen LogP contribution in [0.3, 0.4) is 0 Å². The normalized spacial score (nSPS) is 14.7. The fraction of sp³-hybridized carbons (Fsp3) is 0.300. The maximum atomic E-state index is 12.3. The number of nitrogens with zero attached hydrogens (tertiary/aromatic N) is 2. The molecule has 1 aromatic carbocycles. The fourth-order valence-corrected chi connectivity index (χ4v) is 3.25. The zero-order chi connectivity index (χ0) is 19.8. The summed E-state index contributed by atoms with van der Waals surface area (Å²) in [6.45, 7) is 5.94. The average molecular weight is 405 g/mol. The minimum absolute atomic E-state index is 0.00895. The molecule has 3 atom stereocenters. The second kappa shape index (κ2) is 10.2. The van der Waals surface area contributed by atoms with Crippen molar-refractivity contribution in [2.75, 3.05) is 11.6 Å². The Hall–Kier alpha value is -2.18. The maximum absolute atomic E-state index is 12.3. The number of carbonyl (C=O) groups is 1. The van der Waals surface area contributed by atoms with Crippen LogP contribution in [0.4, 0.5) is 5.69 Å². The van der Waals surface area contributed by atoms with E-state index in [0.29, 0.717) is 5.02 Å². The van der Waals surface area contributed by atoms with Gasteiger partial charge in [-0.3, -0.25) is 4.79 Å². The van der Waals surface area contributed by atoms with Crippen molar-refractivity contribution in [3.8, 4) is 0 Å². The van der Waals surface area contributed by atoms with Crippen LogP contribution in [0.15, 0.2) is 48.1 Å². The lowest BCUT2D eigenvalue weighted by Gasteiger charge is -2.16. The molecule has 27 heavy (non-hydrogen) atoms. The molecule has 5 nitrogen and oxygen atoms in total. The van der Waals surface area contributed by atoms with Crippen LogP contribution in [0.5, 0.6) is 0 Å². The number of anilines is 1. The van der Waals surface area contributed by atoms with Gasteiger partial charge in [0, 0.05) is 11.1 Å². The maximum Gasteiger partial charge on any atom is 0.289 e. The Morgan fingerprint density at radius 2 is 1.89 bits per heavy atom. The van der Waals surface area contributed by atoms with Gasteiger partial charge in [0.1, 0.15) is 0 Å². The number of hydrogen-bond acceptors (Lipinski definition) is 4. The summed E-state index contributed by atoms with van der Waals surface area (Å²) >= 11 is 6.22. The molecule has 1 aromatic heterocycles. The predicted molar refractivity (Wildman–Crippen MR) is 117 cm³/mol. The molecule has 144 valence electrons. The van der Waals surface area contributed by atoms with Gasteiger partial charge in [0.05, 0.1) is 24.1 Å². The third kappa shape index (κ3) is 6.48. The van der Waals surface area contributed by atoms with E-state index < -0.39 is 0 Å². The Kier molecular flexibility index (Phi) is 8.00. The van der Waals surface area contributed by atoms with Crippen molar-refractivity contribution < 1.29 is 4.79 Å². The number of nitrogens with one attached hydrogen (secondary N) is 2. The van der Waals surface area contributed by atoms with Gasteiger partial charge >= 0.3 is 0 Å². The number of halogens is 1. The van der Waals surface area contributed by atoms with Gasteiger partial charge in [-0.2, -0.15) is 10.5 Å². The van der Waals surface area contributed by atoms with Crippen molar-refractivity contribution in [1.29, 1.82) is 0 Å².